The zero-order valence-corrected chi connectivity index (χ0v) is 12.1. The molecule has 2 amide bonds. The Labute approximate surface area is 124 Å². The van der Waals surface area contributed by atoms with Crippen molar-refractivity contribution < 1.29 is 14.0 Å². The number of hydrogen-bond acceptors (Lipinski definition) is 3. The number of halogens is 1. The van der Waals surface area contributed by atoms with Crippen LogP contribution < -0.4 is 10.6 Å². The van der Waals surface area contributed by atoms with E-state index in [0.29, 0.717) is 11.4 Å². The van der Waals surface area contributed by atoms with Crippen LogP contribution in [0.1, 0.15) is 12.2 Å². The number of amides is 2. The number of rotatable bonds is 5. The lowest BCUT2D eigenvalue weighted by Gasteiger charge is -2.06. The molecular weight excluding hydrogens is 324 g/mol. The topological polar surface area (TPSA) is 71.3 Å². The van der Waals surface area contributed by atoms with Crippen LogP contribution >= 0.6 is 15.9 Å². The van der Waals surface area contributed by atoms with E-state index >= 15 is 0 Å². The van der Waals surface area contributed by atoms with Crippen LogP contribution in [0.25, 0.3) is 0 Å². The summed E-state index contributed by atoms with van der Waals surface area (Å²) in [5, 5.41) is 5.26. The summed E-state index contributed by atoms with van der Waals surface area (Å²) >= 11 is 3.31. The van der Waals surface area contributed by atoms with Crippen molar-refractivity contribution in [3.8, 4) is 0 Å². The number of anilines is 1. The van der Waals surface area contributed by atoms with Crippen LogP contribution in [0.15, 0.2) is 51.6 Å². The highest BCUT2D eigenvalue weighted by molar-refractivity contribution is 9.10. The van der Waals surface area contributed by atoms with Gasteiger partial charge in [0.2, 0.25) is 11.8 Å². The fourth-order valence-electron chi connectivity index (χ4n) is 1.55. The molecule has 0 aliphatic heterocycles. The van der Waals surface area contributed by atoms with Gasteiger partial charge < -0.3 is 15.1 Å². The molecule has 0 fully saturated rings. The number of hydrogen-bond donors (Lipinski definition) is 2. The van der Waals surface area contributed by atoms with Gasteiger partial charge in [-0.1, -0.05) is 15.9 Å². The van der Waals surface area contributed by atoms with Gasteiger partial charge in [-0.2, -0.15) is 0 Å². The molecule has 5 nitrogen and oxygen atoms in total. The first-order chi connectivity index (χ1) is 9.63. The zero-order chi connectivity index (χ0) is 14.4. The predicted molar refractivity (Wildman–Crippen MR) is 77.9 cm³/mol. The van der Waals surface area contributed by atoms with E-state index in [9.17, 15) is 9.59 Å². The Morgan fingerprint density at radius 3 is 2.50 bits per heavy atom. The third kappa shape index (κ3) is 4.55. The second-order valence-electron chi connectivity index (χ2n) is 4.09. The molecule has 1 aromatic carbocycles. The van der Waals surface area contributed by atoms with E-state index < -0.39 is 0 Å². The Morgan fingerprint density at radius 1 is 1.10 bits per heavy atom. The van der Waals surface area contributed by atoms with Gasteiger partial charge in [0.05, 0.1) is 12.8 Å². The minimum Gasteiger partial charge on any atom is -0.467 e. The Kier molecular flexibility index (Phi) is 4.95. The summed E-state index contributed by atoms with van der Waals surface area (Å²) < 4.78 is 6.00. The Bertz CT molecular complexity index is 579. The van der Waals surface area contributed by atoms with Gasteiger partial charge in [-0.15, -0.1) is 0 Å². The molecule has 0 saturated heterocycles. The number of furan rings is 1. The normalized spacial score (nSPS) is 10.1. The van der Waals surface area contributed by atoms with Crippen LogP contribution in [0.5, 0.6) is 0 Å². The maximum Gasteiger partial charge on any atom is 0.233 e. The third-order valence-electron chi connectivity index (χ3n) is 2.49. The van der Waals surface area contributed by atoms with Gasteiger partial charge in [0.15, 0.2) is 0 Å². The van der Waals surface area contributed by atoms with Crippen molar-refractivity contribution in [2.45, 2.75) is 13.0 Å². The number of benzene rings is 1. The van der Waals surface area contributed by atoms with E-state index in [1.807, 2.05) is 12.1 Å². The van der Waals surface area contributed by atoms with Crippen molar-refractivity contribution in [2.24, 2.45) is 0 Å². The zero-order valence-electron chi connectivity index (χ0n) is 10.6. The van der Waals surface area contributed by atoms with Crippen LogP contribution in [0, 0.1) is 0 Å². The SMILES string of the molecule is O=C(CC(=O)Nc1ccc(Br)cc1)NCc1ccco1. The average molecular weight is 337 g/mol. The van der Waals surface area contributed by atoms with Gasteiger partial charge in [0.1, 0.15) is 12.2 Å². The quantitative estimate of drug-likeness (QED) is 0.824. The molecule has 0 aliphatic rings. The summed E-state index contributed by atoms with van der Waals surface area (Å²) in [6.07, 6.45) is 1.30. The largest absolute Gasteiger partial charge is 0.467 e. The highest BCUT2D eigenvalue weighted by atomic mass is 79.9. The summed E-state index contributed by atoms with van der Waals surface area (Å²) in [7, 11) is 0. The summed E-state index contributed by atoms with van der Waals surface area (Å²) in [5.74, 6) is -0.0630. The Balaban J connectivity index is 1.76. The van der Waals surface area contributed by atoms with E-state index in [1.165, 1.54) is 6.26 Å². The van der Waals surface area contributed by atoms with Crippen LogP contribution in [0.3, 0.4) is 0 Å². The van der Waals surface area contributed by atoms with Crippen molar-refractivity contribution in [3.63, 3.8) is 0 Å². The average Bonchev–Trinajstić information content (AvgIpc) is 2.92. The Morgan fingerprint density at radius 2 is 1.85 bits per heavy atom. The highest BCUT2D eigenvalue weighted by Crippen LogP contribution is 2.14. The minimum atomic E-state index is -0.357. The Hall–Kier alpha value is -2.08. The molecule has 20 heavy (non-hydrogen) atoms. The standard InChI is InChI=1S/C14H13BrN2O3/c15-10-3-5-11(6-4-10)17-14(19)8-13(18)16-9-12-2-1-7-20-12/h1-7H,8-9H2,(H,16,18)(H,17,19). The third-order valence-corrected chi connectivity index (χ3v) is 3.02. The van der Waals surface area contributed by atoms with Gasteiger partial charge in [-0.05, 0) is 36.4 Å². The first-order valence-electron chi connectivity index (χ1n) is 5.98. The van der Waals surface area contributed by atoms with E-state index in [2.05, 4.69) is 26.6 Å². The van der Waals surface area contributed by atoms with Crippen LogP contribution in [0.2, 0.25) is 0 Å². The van der Waals surface area contributed by atoms with Crippen LogP contribution in [0.4, 0.5) is 5.69 Å². The lowest BCUT2D eigenvalue weighted by atomic mass is 10.3. The molecular formula is C14H13BrN2O3. The van der Waals surface area contributed by atoms with Crippen LogP contribution in [-0.2, 0) is 16.1 Å². The summed E-state index contributed by atoms with van der Waals surface area (Å²) in [4.78, 5) is 23.2. The second kappa shape index (κ2) is 6.91. The molecule has 2 N–H and O–H groups in total. The smallest absolute Gasteiger partial charge is 0.233 e. The van der Waals surface area contributed by atoms with E-state index in [1.54, 1.807) is 24.3 Å². The molecule has 0 spiro atoms. The van der Waals surface area contributed by atoms with Crippen molar-refractivity contribution in [2.75, 3.05) is 5.32 Å². The van der Waals surface area contributed by atoms with Gasteiger partial charge in [-0.3, -0.25) is 9.59 Å². The fourth-order valence-corrected chi connectivity index (χ4v) is 1.81. The highest BCUT2D eigenvalue weighted by Gasteiger charge is 2.09. The van der Waals surface area contributed by atoms with Crippen LogP contribution in [-0.4, -0.2) is 11.8 Å². The first-order valence-corrected chi connectivity index (χ1v) is 6.77. The molecule has 6 heteroatoms. The lowest BCUT2D eigenvalue weighted by Crippen LogP contribution is -2.27. The molecule has 0 atom stereocenters. The molecule has 1 aromatic heterocycles. The van der Waals surface area contributed by atoms with Gasteiger partial charge in [0.25, 0.3) is 0 Å². The van der Waals surface area contributed by atoms with Gasteiger partial charge in [-0.25, -0.2) is 0 Å². The molecule has 0 saturated carbocycles. The minimum absolute atomic E-state index is 0.225. The van der Waals surface area contributed by atoms with E-state index in [4.69, 9.17) is 4.42 Å². The van der Waals surface area contributed by atoms with Crippen molar-refractivity contribution in [3.05, 3.63) is 52.9 Å². The molecule has 1 heterocycles. The van der Waals surface area contributed by atoms with Crippen molar-refractivity contribution in [1.82, 2.24) is 5.32 Å². The van der Waals surface area contributed by atoms with E-state index in [-0.39, 0.29) is 24.8 Å². The van der Waals surface area contributed by atoms with Gasteiger partial charge in [0, 0.05) is 10.2 Å². The maximum absolute atomic E-state index is 11.7. The number of nitrogens with one attached hydrogen (secondary N) is 2. The molecule has 2 aromatic rings. The first kappa shape index (κ1) is 14.3. The van der Waals surface area contributed by atoms with Crippen molar-refractivity contribution in [1.29, 1.82) is 0 Å². The summed E-state index contributed by atoms with van der Waals surface area (Å²) in [5.41, 5.74) is 0.650. The molecule has 0 radical (unpaired) electrons. The number of carbonyl (C=O) groups excluding carboxylic acids is 2. The predicted octanol–water partition coefficient (Wildman–Crippen LogP) is 2.69. The van der Waals surface area contributed by atoms with E-state index in [0.717, 1.165) is 4.47 Å². The number of carbonyl (C=O) groups is 2. The second-order valence-corrected chi connectivity index (χ2v) is 5.00. The summed E-state index contributed by atoms with van der Waals surface area (Å²) in [6, 6.07) is 10.6. The summed E-state index contributed by atoms with van der Waals surface area (Å²) in [6.45, 7) is 0.275. The molecule has 0 bridgehead atoms. The maximum atomic E-state index is 11.7. The van der Waals surface area contributed by atoms with Gasteiger partial charge >= 0.3 is 0 Å². The van der Waals surface area contributed by atoms with Crippen molar-refractivity contribution >= 4 is 33.4 Å². The molecule has 0 aliphatic carbocycles. The molecule has 104 valence electrons. The monoisotopic (exact) mass is 336 g/mol. The molecule has 0 unspecified atom stereocenters. The lowest BCUT2D eigenvalue weighted by molar-refractivity contribution is -0.127. The molecule has 2 rings (SSSR count). The fraction of sp³-hybridized carbons (Fsp3) is 0.143.